The fraction of sp³-hybridized carbons (Fsp3) is 0.409. The summed E-state index contributed by atoms with van der Waals surface area (Å²) in [5.74, 6) is 2.42. The van der Waals surface area contributed by atoms with Crippen molar-refractivity contribution in [3.05, 3.63) is 60.2 Å². The fourth-order valence-corrected chi connectivity index (χ4v) is 3.54. The minimum absolute atomic E-state index is 0.600. The molecule has 2 aromatic rings. The van der Waals surface area contributed by atoms with Gasteiger partial charge in [0.05, 0.1) is 12.8 Å². The number of hydrogen-bond donors (Lipinski definition) is 2. The summed E-state index contributed by atoms with van der Waals surface area (Å²) in [6.07, 6.45) is 2.17. The van der Waals surface area contributed by atoms with E-state index in [-0.39, 0.29) is 0 Å². The average molecular weight is 367 g/mol. The summed E-state index contributed by atoms with van der Waals surface area (Å²) in [7, 11) is 3.56. The summed E-state index contributed by atoms with van der Waals surface area (Å²) >= 11 is 0. The molecule has 0 amide bonds. The van der Waals surface area contributed by atoms with E-state index in [2.05, 4.69) is 56.9 Å². The maximum absolute atomic E-state index is 5.50. The number of anilines is 1. The first-order valence-corrected chi connectivity index (χ1v) is 9.66. The van der Waals surface area contributed by atoms with Gasteiger partial charge in [0, 0.05) is 33.2 Å². The molecule has 27 heavy (non-hydrogen) atoms. The zero-order valence-corrected chi connectivity index (χ0v) is 16.3. The first-order chi connectivity index (χ1) is 13.3. The molecule has 2 aromatic carbocycles. The average Bonchev–Trinajstić information content (AvgIpc) is 3.20. The van der Waals surface area contributed by atoms with Gasteiger partial charge in [-0.1, -0.05) is 42.5 Å². The number of aliphatic imine (C=N–C) groups is 1. The Morgan fingerprint density at radius 1 is 1.11 bits per heavy atom. The van der Waals surface area contributed by atoms with Crippen molar-refractivity contribution in [2.75, 3.05) is 45.2 Å². The standard InChI is InChI=1S/C22H30N4O/c1-23-22(24-14-12-18-8-4-3-5-9-18)25-16-19-13-15-26(17-19)20-10-6-7-11-21(20)27-2/h3-11,19H,12-17H2,1-2H3,(H2,23,24,25). The lowest BCUT2D eigenvalue weighted by molar-refractivity contribution is 0.414. The van der Waals surface area contributed by atoms with Crippen molar-refractivity contribution < 1.29 is 4.74 Å². The molecule has 5 nitrogen and oxygen atoms in total. The molecular weight excluding hydrogens is 336 g/mol. The molecule has 1 aliphatic heterocycles. The number of guanidine groups is 1. The van der Waals surface area contributed by atoms with Gasteiger partial charge in [-0.05, 0) is 36.5 Å². The topological polar surface area (TPSA) is 48.9 Å². The van der Waals surface area contributed by atoms with Gasteiger partial charge in [0.15, 0.2) is 5.96 Å². The number of hydrogen-bond acceptors (Lipinski definition) is 3. The Hall–Kier alpha value is -2.69. The molecule has 3 rings (SSSR count). The van der Waals surface area contributed by atoms with Crippen LogP contribution in [0.2, 0.25) is 0 Å². The van der Waals surface area contributed by atoms with Gasteiger partial charge >= 0.3 is 0 Å². The van der Waals surface area contributed by atoms with Crippen LogP contribution in [0.1, 0.15) is 12.0 Å². The number of benzene rings is 2. The number of para-hydroxylation sites is 2. The molecule has 1 heterocycles. The maximum atomic E-state index is 5.50. The van der Waals surface area contributed by atoms with Gasteiger partial charge in [0.1, 0.15) is 5.75 Å². The lowest BCUT2D eigenvalue weighted by Crippen LogP contribution is -2.41. The number of ether oxygens (including phenoxy) is 1. The molecule has 1 atom stereocenters. The molecule has 1 saturated heterocycles. The SMILES string of the molecule is CN=C(NCCc1ccccc1)NCC1CCN(c2ccccc2OC)C1. The summed E-state index contributed by atoms with van der Waals surface area (Å²) in [6.45, 7) is 3.90. The van der Waals surface area contributed by atoms with Crippen LogP contribution in [-0.4, -0.2) is 46.3 Å². The van der Waals surface area contributed by atoms with E-state index in [0.29, 0.717) is 5.92 Å². The van der Waals surface area contributed by atoms with Crippen molar-refractivity contribution in [1.82, 2.24) is 10.6 Å². The van der Waals surface area contributed by atoms with Gasteiger partial charge in [0.2, 0.25) is 0 Å². The highest BCUT2D eigenvalue weighted by Crippen LogP contribution is 2.31. The minimum Gasteiger partial charge on any atom is -0.495 e. The molecular formula is C22H30N4O. The van der Waals surface area contributed by atoms with Crippen molar-refractivity contribution in [2.45, 2.75) is 12.8 Å². The normalized spacial score (nSPS) is 17.0. The monoisotopic (exact) mass is 366 g/mol. The van der Waals surface area contributed by atoms with E-state index in [1.807, 2.05) is 25.2 Å². The molecule has 5 heteroatoms. The fourth-order valence-electron chi connectivity index (χ4n) is 3.54. The van der Waals surface area contributed by atoms with E-state index >= 15 is 0 Å². The highest BCUT2D eigenvalue weighted by molar-refractivity contribution is 5.79. The molecule has 1 unspecified atom stereocenters. The van der Waals surface area contributed by atoms with Crippen LogP contribution in [-0.2, 0) is 6.42 Å². The van der Waals surface area contributed by atoms with E-state index < -0.39 is 0 Å². The lowest BCUT2D eigenvalue weighted by Gasteiger charge is -2.21. The smallest absolute Gasteiger partial charge is 0.190 e. The van der Waals surface area contributed by atoms with E-state index in [4.69, 9.17) is 4.74 Å². The third kappa shape index (κ3) is 5.39. The summed E-state index contributed by atoms with van der Waals surface area (Å²) in [5.41, 5.74) is 2.52. The van der Waals surface area contributed by atoms with Crippen LogP contribution in [0.3, 0.4) is 0 Å². The third-order valence-electron chi connectivity index (χ3n) is 5.04. The predicted molar refractivity (Wildman–Crippen MR) is 113 cm³/mol. The molecule has 0 bridgehead atoms. The van der Waals surface area contributed by atoms with Gasteiger partial charge in [0.25, 0.3) is 0 Å². The van der Waals surface area contributed by atoms with E-state index in [9.17, 15) is 0 Å². The van der Waals surface area contributed by atoms with E-state index in [1.54, 1.807) is 7.11 Å². The van der Waals surface area contributed by atoms with Crippen molar-refractivity contribution in [3.8, 4) is 5.75 Å². The van der Waals surface area contributed by atoms with Crippen molar-refractivity contribution in [1.29, 1.82) is 0 Å². The lowest BCUT2D eigenvalue weighted by atomic mass is 10.1. The van der Waals surface area contributed by atoms with E-state index in [1.165, 1.54) is 17.7 Å². The molecule has 0 spiro atoms. The number of nitrogens with one attached hydrogen (secondary N) is 2. The number of nitrogens with zero attached hydrogens (tertiary/aromatic N) is 2. The Balaban J connectivity index is 1.43. The Kier molecular flexibility index (Phi) is 6.97. The second-order valence-electron chi connectivity index (χ2n) is 6.89. The van der Waals surface area contributed by atoms with Crippen molar-refractivity contribution in [2.24, 2.45) is 10.9 Å². The first-order valence-electron chi connectivity index (χ1n) is 9.66. The van der Waals surface area contributed by atoms with Crippen molar-refractivity contribution >= 4 is 11.6 Å². The summed E-state index contributed by atoms with van der Waals surface area (Å²) in [4.78, 5) is 6.76. The largest absolute Gasteiger partial charge is 0.495 e. The Morgan fingerprint density at radius 2 is 1.89 bits per heavy atom. The Bertz CT molecular complexity index is 732. The van der Waals surface area contributed by atoms with Crippen LogP contribution in [0, 0.1) is 5.92 Å². The highest BCUT2D eigenvalue weighted by Gasteiger charge is 2.24. The zero-order chi connectivity index (χ0) is 18.9. The van der Waals surface area contributed by atoms with Crippen LogP contribution >= 0.6 is 0 Å². The van der Waals surface area contributed by atoms with Gasteiger partial charge in [-0.15, -0.1) is 0 Å². The minimum atomic E-state index is 0.600. The van der Waals surface area contributed by atoms with Gasteiger partial charge in [-0.25, -0.2) is 0 Å². The quantitative estimate of drug-likeness (QED) is 0.584. The third-order valence-corrected chi connectivity index (χ3v) is 5.04. The molecule has 0 saturated carbocycles. The molecule has 0 aromatic heterocycles. The molecule has 0 radical (unpaired) electrons. The zero-order valence-electron chi connectivity index (χ0n) is 16.3. The number of rotatable bonds is 7. The van der Waals surface area contributed by atoms with Crippen LogP contribution in [0.25, 0.3) is 0 Å². The summed E-state index contributed by atoms with van der Waals surface area (Å²) < 4.78 is 5.50. The molecule has 0 aliphatic carbocycles. The van der Waals surface area contributed by atoms with Crippen LogP contribution in [0.5, 0.6) is 5.75 Å². The van der Waals surface area contributed by atoms with Gasteiger partial charge in [-0.2, -0.15) is 0 Å². The number of methoxy groups -OCH3 is 1. The Morgan fingerprint density at radius 3 is 2.67 bits per heavy atom. The molecule has 1 aliphatic rings. The van der Waals surface area contributed by atoms with E-state index in [0.717, 1.165) is 44.3 Å². The van der Waals surface area contributed by atoms with Crippen molar-refractivity contribution in [3.63, 3.8) is 0 Å². The summed E-state index contributed by atoms with van der Waals surface area (Å²) in [6, 6.07) is 18.8. The highest BCUT2D eigenvalue weighted by atomic mass is 16.5. The van der Waals surface area contributed by atoms with Crippen LogP contribution in [0.15, 0.2) is 59.6 Å². The van der Waals surface area contributed by atoms with Crippen LogP contribution < -0.4 is 20.3 Å². The van der Waals surface area contributed by atoms with Crippen LogP contribution in [0.4, 0.5) is 5.69 Å². The molecule has 144 valence electrons. The molecule has 2 N–H and O–H groups in total. The predicted octanol–water partition coefficient (Wildman–Crippen LogP) is 2.93. The maximum Gasteiger partial charge on any atom is 0.190 e. The Labute approximate surface area is 162 Å². The second kappa shape index (κ2) is 9.86. The second-order valence-corrected chi connectivity index (χ2v) is 6.89. The summed E-state index contributed by atoms with van der Waals surface area (Å²) in [5, 5.41) is 6.89. The van der Waals surface area contributed by atoms with Gasteiger partial charge < -0.3 is 20.3 Å². The first kappa shape index (κ1) is 19.1. The molecule has 1 fully saturated rings. The van der Waals surface area contributed by atoms with Gasteiger partial charge in [-0.3, -0.25) is 4.99 Å².